The van der Waals surface area contributed by atoms with Gasteiger partial charge in [0, 0.05) is 24.2 Å². The Morgan fingerprint density at radius 3 is 3.00 bits per heavy atom. The molecule has 1 aliphatic rings. The van der Waals surface area contributed by atoms with Crippen LogP contribution in [0.3, 0.4) is 0 Å². The van der Waals surface area contributed by atoms with Crippen LogP contribution >= 0.6 is 0 Å². The Kier molecular flexibility index (Phi) is 2.97. The molecule has 1 fully saturated rings. The van der Waals surface area contributed by atoms with Crippen LogP contribution in [0.1, 0.15) is 23.7 Å². The van der Waals surface area contributed by atoms with Gasteiger partial charge in [0.25, 0.3) is 0 Å². The molecule has 15 heavy (non-hydrogen) atoms. The lowest BCUT2D eigenvalue weighted by molar-refractivity contribution is 0.101. The highest BCUT2D eigenvalue weighted by Crippen LogP contribution is 2.14. The summed E-state index contributed by atoms with van der Waals surface area (Å²) in [6.07, 6.45) is 2.53. The van der Waals surface area contributed by atoms with Crippen molar-refractivity contribution in [3.63, 3.8) is 0 Å². The molecule has 1 atom stereocenters. The summed E-state index contributed by atoms with van der Waals surface area (Å²) >= 11 is 0. The molecule has 1 unspecified atom stereocenters. The highest BCUT2D eigenvalue weighted by atomic mass is 16.5. The Morgan fingerprint density at radius 1 is 1.60 bits per heavy atom. The quantitative estimate of drug-likeness (QED) is 0.704. The van der Waals surface area contributed by atoms with Crippen molar-refractivity contribution < 1.29 is 14.3 Å². The SMILES string of the molecule is CC(=O)c1ccc(OC2CCOC2)nc1. The number of rotatable bonds is 3. The standard InChI is InChI=1S/C11H13NO3/c1-8(13)9-2-3-11(12-6-9)15-10-4-5-14-7-10/h2-3,6,10H,4-5,7H2,1H3. The highest BCUT2D eigenvalue weighted by molar-refractivity contribution is 5.93. The number of carbonyl (C=O) groups is 1. The van der Waals surface area contributed by atoms with E-state index >= 15 is 0 Å². The molecule has 0 bridgehead atoms. The van der Waals surface area contributed by atoms with Gasteiger partial charge in [-0.1, -0.05) is 0 Å². The van der Waals surface area contributed by atoms with Gasteiger partial charge in [-0.05, 0) is 13.0 Å². The minimum Gasteiger partial charge on any atom is -0.472 e. The lowest BCUT2D eigenvalue weighted by atomic mass is 10.2. The second-order valence-corrected chi connectivity index (χ2v) is 3.54. The van der Waals surface area contributed by atoms with E-state index in [4.69, 9.17) is 9.47 Å². The number of ketones is 1. The molecule has 0 aromatic carbocycles. The number of aromatic nitrogens is 1. The largest absolute Gasteiger partial charge is 0.472 e. The highest BCUT2D eigenvalue weighted by Gasteiger charge is 2.17. The van der Waals surface area contributed by atoms with Crippen molar-refractivity contribution in [1.29, 1.82) is 0 Å². The first-order valence-corrected chi connectivity index (χ1v) is 4.97. The van der Waals surface area contributed by atoms with Gasteiger partial charge >= 0.3 is 0 Å². The molecule has 1 aromatic rings. The lowest BCUT2D eigenvalue weighted by Crippen LogP contribution is -2.16. The van der Waals surface area contributed by atoms with E-state index in [2.05, 4.69) is 4.98 Å². The molecule has 4 nitrogen and oxygen atoms in total. The first-order valence-electron chi connectivity index (χ1n) is 4.97. The third-order valence-electron chi connectivity index (χ3n) is 2.32. The molecule has 1 saturated heterocycles. The molecule has 0 saturated carbocycles. The van der Waals surface area contributed by atoms with Gasteiger partial charge in [0.2, 0.25) is 5.88 Å². The lowest BCUT2D eigenvalue weighted by Gasteiger charge is -2.10. The van der Waals surface area contributed by atoms with Crippen LogP contribution in [0, 0.1) is 0 Å². The molecule has 2 rings (SSSR count). The summed E-state index contributed by atoms with van der Waals surface area (Å²) in [6.45, 7) is 2.88. The second-order valence-electron chi connectivity index (χ2n) is 3.54. The Balaban J connectivity index is 2.00. The smallest absolute Gasteiger partial charge is 0.213 e. The summed E-state index contributed by atoms with van der Waals surface area (Å²) in [7, 11) is 0. The van der Waals surface area contributed by atoms with Gasteiger partial charge in [-0.15, -0.1) is 0 Å². The molecular weight excluding hydrogens is 194 g/mol. The maximum atomic E-state index is 11.0. The van der Waals surface area contributed by atoms with Gasteiger partial charge in [0.15, 0.2) is 5.78 Å². The summed E-state index contributed by atoms with van der Waals surface area (Å²) < 4.78 is 10.7. The summed E-state index contributed by atoms with van der Waals surface area (Å²) in [4.78, 5) is 15.1. The van der Waals surface area contributed by atoms with Gasteiger partial charge in [-0.25, -0.2) is 4.98 Å². The van der Waals surface area contributed by atoms with E-state index in [-0.39, 0.29) is 11.9 Å². The van der Waals surface area contributed by atoms with Crippen LogP contribution in [0.25, 0.3) is 0 Å². The summed E-state index contributed by atoms with van der Waals surface area (Å²) in [5, 5.41) is 0. The Hall–Kier alpha value is -1.42. The normalized spacial score (nSPS) is 20.2. The molecule has 0 aliphatic carbocycles. The summed E-state index contributed by atoms with van der Waals surface area (Å²) in [5.41, 5.74) is 0.602. The molecule has 2 heterocycles. The van der Waals surface area contributed by atoms with Crippen LogP contribution in [-0.4, -0.2) is 30.1 Å². The maximum absolute atomic E-state index is 11.0. The van der Waals surface area contributed by atoms with Crippen molar-refractivity contribution in [2.24, 2.45) is 0 Å². The molecular formula is C11H13NO3. The van der Waals surface area contributed by atoms with E-state index in [1.165, 1.54) is 13.1 Å². The van der Waals surface area contributed by atoms with E-state index < -0.39 is 0 Å². The predicted molar refractivity (Wildman–Crippen MR) is 54.1 cm³/mol. The monoisotopic (exact) mass is 207 g/mol. The number of ether oxygens (including phenoxy) is 2. The van der Waals surface area contributed by atoms with Crippen LogP contribution in [-0.2, 0) is 4.74 Å². The van der Waals surface area contributed by atoms with Crippen LogP contribution < -0.4 is 4.74 Å². The average molecular weight is 207 g/mol. The average Bonchev–Trinajstić information content (AvgIpc) is 2.71. The Morgan fingerprint density at radius 2 is 2.47 bits per heavy atom. The number of hydrogen-bond acceptors (Lipinski definition) is 4. The van der Waals surface area contributed by atoms with Crippen molar-refractivity contribution in [2.75, 3.05) is 13.2 Å². The third kappa shape index (κ3) is 2.53. The molecule has 0 radical (unpaired) electrons. The first kappa shape index (κ1) is 10.1. The molecule has 80 valence electrons. The third-order valence-corrected chi connectivity index (χ3v) is 2.32. The van der Waals surface area contributed by atoms with Crippen molar-refractivity contribution in [2.45, 2.75) is 19.4 Å². The fourth-order valence-electron chi connectivity index (χ4n) is 1.43. The van der Waals surface area contributed by atoms with Gasteiger partial charge in [-0.3, -0.25) is 4.79 Å². The van der Waals surface area contributed by atoms with E-state index in [0.717, 1.165) is 13.0 Å². The minimum atomic E-state index is 0.0123. The van der Waals surface area contributed by atoms with Gasteiger partial charge in [0.05, 0.1) is 13.2 Å². The number of nitrogens with zero attached hydrogens (tertiary/aromatic N) is 1. The Labute approximate surface area is 88.2 Å². The fourth-order valence-corrected chi connectivity index (χ4v) is 1.43. The first-order chi connectivity index (χ1) is 7.25. The topological polar surface area (TPSA) is 48.4 Å². The van der Waals surface area contributed by atoms with Crippen molar-refractivity contribution in [1.82, 2.24) is 4.98 Å². The number of pyridine rings is 1. The van der Waals surface area contributed by atoms with Crippen molar-refractivity contribution >= 4 is 5.78 Å². The van der Waals surface area contributed by atoms with Crippen molar-refractivity contribution in [3.8, 4) is 5.88 Å². The van der Waals surface area contributed by atoms with Crippen LogP contribution in [0.5, 0.6) is 5.88 Å². The molecule has 1 aliphatic heterocycles. The maximum Gasteiger partial charge on any atom is 0.213 e. The molecule has 0 N–H and O–H groups in total. The van der Waals surface area contributed by atoms with Gasteiger partial charge in [-0.2, -0.15) is 0 Å². The van der Waals surface area contributed by atoms with Gasteiger partial charge in [0.1, 0.15) is 6.10 Å². The number of hydrogen-bond donors (Lipinski definition) is 0. The number of carbonyl (C=O) groups excluding carboxylic acids is 1. The summed E-state index contributed by atoms with van der Waals surface area (Å²) in [6, 6.07) is 3.44. The fraction of sp³-hybridized carbons (Fsp3) is 0.455. The molecule has 4 heteroatoms. The van der Waals surface area contributed by atoms with E-state index in [1.807, 2.05) is 0 Å². The van der Waals surface area contributed by atoms with Crippen LogP contribution in [0.4, 0.5) is 0 Å². The predicted octanol–water partition coefficient (Wildman–Crippen LogP) is 1.45. The van der Waals surface area contributed by atoms with E-state index in [0.29, 0.717) is 18.1 Å². The molecule has 0 spiro atoms. The molecule has 1 aromatic heterocycles. The zero-order chi connectivity index (χ0) is 10.7. The van der Waals surface area contributed by atoms with E-state index in [9.17, 15) is 4.79 Å². The minimum absolute atomic E-state index is 0.0123. The second kappa shape index (κ2) is 4.40. The van der Waals surface area contributed by atoms with Crippen LogP contribution in [0.2, 0.25) is 0 Å². The van der Waals surface area contributed by atoms with Crippen molar-refractivity contribution in [3.05, 3.63) is 23.9 Å². The Bertz CT molecular complexity index is 341. The van der Waals surface area contributed by atoms with Crippen LogP contribution in [0.15, 0.2) is 18.3 Å². The van der Waals surface area contributed by atoms with E-state index in [1.54, 1.807) is 12.1 Å². The van der Waals surface area contributed by atoms with Gasteiger partial charge < -0.3 is 9.47 Å². The zero-order valence-corrected chi connectivity index (χ0v) is 8.60. The number of Topliss-reactive ketones (excluding diaryl/α,β-unsaturated/α-hetero) is 1. The molecule has 0 amide bonds. The summed E-state index contributed by atoms with van der Waals surface area (Å²) in [5.74, 6) is 0.564. The zero-order valence-electron chi connectivity index (χ0n) is 8.60.